The number of hydrogen-bond acceptors (Lipinski definition) is 2. The topological polar surface area (TPSA) is 36.4 Å². The van der Waals surface area contributed by atoms with Crippen molar-refractivity contribution >= 4 is 41.7 Å². The highest BCUT2D eigenvalue weighted by Crippen LogP contribution is 2.21. The SMILES string of the molecule is CCNC(=NCC(F)F)NCC(C)Sc1ccccc1.I. The summed E-state index contributed by atoms with van der Waals surface area (Å²) in [6.07, 6.45) is -2.42. The molecular weight excluding hydrogens is 407 g/mol. The van der Waals surface area contributed by atoms with Crippen LogP contribution in [-0.4, -0.2) is 37.3 Å². The van der Waals surface area contributed by atoms with Crippen LogP contribution in [0.3, 0.4) is 0 Å². The van der Waals surface area contributed by atoms with Crippen LogP contribution in [0.2, 0.25) is 0 Å². The predicted molar refractivity (Wildman–Crippen MR) is 97.2 cm³/mol. The average Bonchev–Trinajstić information content (AvgIpc) is 2.43. The van der Waals surface area contributed by atoms with Crippen molar-refractivity contribution in [1.29, 1.82) is 0 Å². The summed E-state index contributed by atoms with van der Waals surface area (Å²) < 4.78 is 24.3. The molecule has 1 rings (SSSR count). The predicted octanol–water partition coefficient (Wildman–Crippen LogP) is 3.61. The largest absolute Gasteiger partial charge is 0.357 e. The highest BCUT2D eigenvalue weighted by atomic mass is 127. The summed E-state index contributed by atoms with van der Waals surface area (Å²) in [5.41, 5.74) is 0. The number of rotatable bonds is 7. The molecule has 0 aliphatic rings. The van der Waals surface area contributed by atoms with Gasteiger partial charge in [-0.25, -0.2) is 13.8 Å². The van der Waals surface area contributed by atoms with Crippen molar-refractivity contribution in [2.45, 2.75) is 30.4 Å². The Morgan fingerprint density at radius 1 is 1.24 bits per heavy atom. The molecule has 0 spiro atoms. The fraction of sp³-hybridized carbons (Fsp3) is 0.500. The lowest BCUT2D eigenvalue weighted by Crippen LogP contribution is -2.40. The minimum absolute atomic E-state index is 0. The van der Waals surface area contributed by atoms with Gasteiger partial charge in [-0.3, -0.25) is 0 Å². The van der Waals surface area contributed by atoms with Gasteiger partial charge in [-0.2, -0.15) is 0 Å². The lowest BCUT2D eigenvalue weighted by Gasteiger charge is -2.15. The third-order valence-corrected chi connectivity index (χ3v) is 3.48. The zero-order valence-corrected chi connectivity index (χ0v) is 15.3. The number of nitrogens with zero attached hydrogens (tertiary/aromatic N) is 1. The Kier molecular flexibility index (Phi) is 11.7. The molecular formula is C14H22F2IN3S. The molecule has 1 aromatic carbocycles. The number of guanidine groups is 1. The maximum Gasteiger partial charge on any atom is 0.257 e. The molecule has 0 radical (unpaired) electrons. The molecule has 7 heteroatoms. The Bertz CT molecular complexity index is 404. The molecule has 120 valence electrons. The van der Waals surface area contributed by atoms with E-state index in [0.29, 0.717) is 24.3 Å². The number of halogens is 3. The average molecular weight is 429 g/mol. The van der Waals surface area contributed by atoms with E-state index >= 15 is 0 Å². The van der Waals surface area contributed by atoms with E-state index in [1.165, 1.54) is 4.90 Å². The molecule has 2 N–H and O–H groups in total. The first-order valence-electron chi connectivity index (χ1n) is 6.63. The van der Waals surface area contributed by atoms with E-state index in [-0.39, 0.29) is 24.0 Å². The van der Waals surface area contributed by atoms with Crippen LogP contribution in [0.25, 0.3) is 0 Å². The van der Waals surface area contributed by atoms with E-state index in [1.54, 1.807) is 11.8 Å². The number of aliphatic imine (C=N–C) groups is 1. The maximum absolute atomic E-state index is 12.2. The molecule has 0 aliphatic carbocycles. The Balaban J connectivity index is 0.00000400. The van der Waals surface area contributed by atoms with Gasteiger partial charge in [-0.1, -0.05) is 25.1 Å². The van der Waals surface area contributed by atoms with Crippen molar-refractivity contribution < 1.29 is 8.78 Å². The van der Waals surface area contributed by atoms with E-state index in [0.717, 1.165) is 0 Å². The molecule has 0 aliphatic heterocycles. The lowest BCUT2D eigenvalue weighted by atomic mass is 10.4. The molecule has 21 heavy (non-hydrogen) atoms. The smallest absolute Gasteiger partial charge is 0.257 e. The van der Waals surface area contributed by atoms with E-state index in [2.05, 4.69) is 34.7 Å². The fourth-order valence-corrected chi connectivity index (χ4v) is 2.46. The third-order valence-electron chi connectivity index (χ3n) is 2.37. The van der Waals surface area contributed by atoms with Gasteiger partial charge in [-0.15, -0.1) is 35.7 Å². The van der Waals surface area contributed by atoms with Crippen LogP contribution in [0.1, 0.15) is 13.8 Å². The maximum atomic E-state index is 12.2. The normalized spacial score (nSPS) is 12.7. The first kappa shape index (κ1) is 20.4. The van der Waals surface area contributed by atoms with Gasteiger partial charge in [0.15, 0.2) is 5.96 Å². The summed E-state index contributed by atoms with van der Waals surface area (Å²) >= 11 is 1.73. The molecule has 0 amide bonds. The van der Waals surface area contributed by atoms with Crippen LogP contribution < -0.4 is 10.6 Å². The first-order valence-corrected chi connectivity index (χ1v) is 7.51. The zero-order chi connectivity index (χ0) is 14.8. The van der Waals surface area contributed by atoms with Crippen molar-refractivity contribution in [3.05, 3.63) is 30.3 Å². The number of hydrogen-bond donors (Lipinski definition) is 2. The van der Waals surface area contributed by atoms with Crippen molar-refractivity contribution in [3.63, 3.8) is 0 Å². The molecule has 0 heterocycles. The summed E-state index contributed by atoms with van der Waals surface area (Å²) in [6.45, 7) is 4.82. The zero-order valence-electron chi connectivity index (χ0n) is 12.2. The summed E-state index contributed by atoms with van der Waals surface area (Å²) in [6, 6.07) is 10.1. The van der Waals surface area contributed by atoms with E-state index in [1.807, 2.05) is 25.1 Å². The Morgan fingerprint density at radius 2 is 1.90 bits per heavy atom. The van der Waals surface area contributed by atoms with Gasteiger partial charge in [0, 0.05) is 23.2 Å². The molecule has 0 saturated carbocycles. The summed E-state index contributed by atoms with van der Waals surface area (Å²) in [5, 5.41) is 6.35. The monoisotopic (exact) mass is 429 g/mol. The van der Waals surface area contributed by atoms with Crippen molar-refractivity contribution in [1.82, 2.24) is 10.6 Å². The lowest BCUT2D eigenvalue weighted by molar-refractivity contribution is 0.158. The van der Waals surface area contributed by atoms with Gasteiger partial charge >= 0.3 is 0 Å². The van der Waals surface area contributed by atoms with Crippen LogP contribution in [-0.2, 0) is 0 Å². The van der Waals surface area contributed by atoms with Gasteiger partial charge < -0.3 is 10.6 Å². The van der Waals surface area contributed by atoms with Crippen LogP contribution >= 0.6 is 35.7 Å². The van der Waals surface area contributed by atoms with Crippen LogP contribution in [0, 0.1) is 0 Å². The first-order chi connectivity index (χ1) is 9.61. The number of benzene rings is 1. The molecule has 1 unspecified atom stereocenters. The van der Waals surface area contributed by atoms with Crippen molar-refractivity contribution in [3.8, 4) is 0 Å². The molecule has 0 aromatic heterocycles. The van der Waals surface area contributed by atoms with Crippen LogP contribution in [0.15, 0.2) is 40.2 Å². The van der Waals surface area contributed by atoms with E-state index < -0.39 is 13.0 Å². The number of nitrogens with one attached hydrogen (secondary N) is 2. The number of alkyl halides is 2. The third kappa shape index (κ3) is 9.89. The fourth-order valence-electron chi connectivity index (χ4n) is 1.52. The van der Waals surface area contributed by atoms with Crippen molar-refractivity contribution in [2.75, 3.05) is 19.6 Å². The second-order valence-electron chi connectivity index (χ2n) is 4.23. The van der Waals surface area contributed by atoms with Gasteiger partial charge in [-0.05, 0) is 19.1 Å². The summed E-state index contributed by atoms with van der Waals surface area (Å²) in [7, 11) is 0. The molecule has 0 saturated heterocycles. The molecule has 0 fully saturated rings. The Morgan fingerprint density at radius 3 is 2.48 bits per heavy atom. The molecule has 1 atom stereocenters. The molecule has 0 bridgehead atoms. The van der Waals surface area contributed by atoms with Crippen LogP contribution in [0.5, 0.6) is 0 Å². The Hall–Kier alpha value is -0.570. The van der Waals surface area contributed by atoms with Crippen LogP contribution in [0.4, 0.5) is 8.78 Å². The Labute approximate surface area is 146 Å². The van der Waals surface area contributed by atoms with Gasteiger partial charge in [0.25, 0.3) is 6.43 Å². The quantitative estimate of drug-likeness (QED) is 0.301. The summed E-state index contributed by atoms with van der Waals surface area (Å²) in [4.78, 5) is 5.02. The van der Waals surface area contributed by atoms with Gasteiger partial charge in [0.05, 0.1) is 0 Å². The minimum atomic E-state index is -2.42. The molecule has 1 aromatic rings. The van der Waals surface area contributed by atoms with E-state index in [4.69, 9.17) is 0 Å². The van der Waals surface area contributed by atoms with E-state index in [9.17, 15) is 8.78 Å². The second kappa shape index (κ2) is 12.0. The molecule has 3 nitrogen and oxygen atoms in total. The summed E-state index contributed by atoms with van der Waals surface area (Å²) in [5.74, 6) is 0.438. The standard InChI is InChI=1S/C14H21F2N3S.HI/c1-3-17-14(19-10-13(15)16)18-9-11(2)20-12-7-5-4-6-8-12;/h4-8,11,13H,3,9-10H2,1-2H3,(H2,17,18,19);1H. The highest BCUT2D eigenvalue weighted by molar-refractivity contribution is 14.0. The highest BCUT2D eigenvalue weighted by Gasteiger charge is 2.07. The van der Waals surface area contributed by atoms with Gasteiger partial charge in [0.1, 0.15) is 6.54 Å². The minimum Gasteiger partial charge on any atom is -0.357 e. The van der Waals surface area contributed by atoms with Gasteiger partial charge in [0.2, 0.25) is 0 Å². The van der Waals surface area contributed by atoms with Crippen molar-refractivity contribution in [2.24, 2.45) is 4.99 Å². The second-order valence-corrected chi connectivity index (χ2v) is 5.74. The number of thioether (sulfide) groups is 1.